The molecular formula is C14H15NO2. The largest absolute Gasteiger partial charge is 0.468 e. The van der Waals surface area contributed by atoms with Gasteiger partial charge >= 0.3 is 5.97 Å². The molecule has 0 saturated carbocycles. The van der Waals surface area contributed by atoms with Crippen LogP contribution < -0.4 is 0 Å². The smallest absolute Gasteiger partial charge is 0.315 e. The van der Waals surface area contributed by atoms with Crippen LogP contribution in [0.2, 0.25) is 0 Å². The van der Waals surface area contributed by atoms with E-state index >= 15 is 0 Å². The Morgan fingerprint density at radius 3 is 2.65 bits per heavy atom. The van der Waals surface area contributed by atoms with E-state index in [-0.39, 0.29) is 5.97 Å². The minimum Gasteiger partial charge on any atom is -0.468 e. The molecule has 17 heavy (non-hydrogen) atoms. The van der Waals surface area contributed by atoms with Gasteiger partial charge in [-0.2, -0.15) is 0 Å². The van der Waals surface area contributed by atoms with Gasteiger partial charge in [-0.15, -0.1) is 0 Å². The fraction of sp³-hybridized carbons (Fsp3) is 0.286. The number of ether oxygens (including phenoxy) is 1. The van der Waals surface area contributed by atoms with Crippen LogP contribution in [0.4, 0.5) is 0 Å². The van der Waals surface area contributed by atoms with Crippen molar-refractivity contribution in [3.8, 4) is 0 Å². The van der Waals surface area contributed by atoms with Gasteiger partial charge in [0, 0.05) is 11.6 Å². The number of para-hydroxylation sites is 1. The molecule has 1 heterocycles. The SMILES string of the molecule is COC(=O)C(C)(C)c1ccnc2ccccc12. The topological polar surface area (TPSA) is 39.2 Å². The molecule has 0 aliphatic carbocycles. The summed E-state index contributed by atoms with van der Waals surface area (Å²) in [6.45, 7) is 3.72. The van der Waals surface area contributed by atoms with Gasteiger partial charge in [-0.3, -0.25) is 9.78 Å². The Morgan fingerprint density at radius 2 is 1.94 bits per heavy atom. The Balaban J connectivity index is 2.67. The van der Waals surface area contributed by atoms with Crippen molar-refractivity contribution in [3.05, 3.63) is 42.1 Å². The standard InChI is InChI=1S/C14H15NO2/c1-14(2,13(16)17-3)11-8-9-15-12-7-5-4-6-10(11)12/h4-9H,1-3H3. The van der Waals surface area contributed by atoms with Gasteiger partial charge in [0.1, 0.15) is 0 Å². The van der Waals surface area contributed by atoms with Crippen LogP contribution in [0.15, 0.2) is 36.5 Å². The number of rotatable bonds is 2. The summed E-state index contributed by atoms with van der Waals surface area (Å²) in [5.41, 5.74) is 1.16. The molecule has 0 atom stereocenters. The normalized spacial score (nSPS) is 11.5. The Kier molecular flexibility index (Phi) is 2.84. The summed E-state index contributed by atoms with van der Waals surface area (Å²) >= 11 is 0. The first-order valence-corrected chi connectivity index (χ1v) is 5.50. The molecule has 0 amide bonds. The van der Waals surface area contributed by atoms with E-state index in [2.05, 4.69) is 4.98 Å². The Labute approximate surface area is 100 Å². The lowest BCUT2D eigenvalue weighted by Gasteiger charge is -2.23. The van der Waals surface area contributed by atoms with Crippen molar-refractivity contribution in [2.24, 2.45) is 0 Å². The molecule has 88 valence electrons. The van der Waals surface area contributed by atoms with Crippen molar-refractivity contribution in [1.82, 2.24) is 4.98 Å². The van der Waals surface area contributed by atoms with E-state index in [9.17, 15) is 4.79 Å². The first-order chi connectivity index (χ1) is 8.07. The van der Waals surface area contributed by atoms with E-state index in [1.807, 2.05) is 44.2 Å². The average Bonchev–Trinajstić information content (AvgIpc) is 2.37. The first-order valence-electron chi connectivity index (χ1n) is 5.50. The van der Waals surface area contributed by atoms with Crippen LogP contribution in [0.1, 0.15) is 19.4 Å². The molecule has 0 N–H and O–H groups in total. The number of esters is 1. The summed E-state index contributed by atoms with van der Waals surface area (Å²) in [4.78, 5) is 16.1. The lowest BCUT2D eigenvalue weighted by molar-refractivity contribution is -0.146. The van der Waals surface area contributed by atoms with Crippen LogP contribution in [-0.2, 0) is 14.9 Å². The van der Waals surface area contributed by atoms with Gasteiger partial charge in [-0.25, -0.2) is 0 Å². The molecule has 0 radical (unpaired) electrons. The molecule has 0 aliphatic heterocycles. The van der Waals surface area contributed by atoms with E-state index in [1.54, 1.807) is 6.20 Å². The lowest BCUT2D eigenvalue weighted by atomic mass is 9.83. The van der Waals surface area contributed by atoms with Crippen LogP contribution in [0.3, 0.4) is 0 Å². The van der Waals surface area contributed by atoms with E-state index in [0.29, 0.717) is 0 Å². The van der Waals surface area contributed by atoms with Gasteiger partial charge in [0.25, 0.3) is 0 Å². The highest BCUT2D eigenvalue weighted by atomic mass is 16.5. The van der Waals surface area contributed by atoms with Gasteiger partial charge in [0.2, 0.25) is 0 Å². The molecule has 0 spiro atoms. The van der Waals surface area contributed by atoms with Crippen molar-refractivity contribution in [3.63, 3.8) is 0 Å². The second-order valence-electron chi connectivity index (χ2n) is 4.49. The Bertz CT molecular complexity index is 556. The zero-order valence-electron chi connectivity index (χ0n) is 10.2. The second kappa shape index (κ2) is 4.17. The number of fused-ring (bicyclic) bond motifs is 1. The number of methoxy groups -OCH3 is 1. The minimum absolute atomic E-state index is 0.242. The van der Waals surface area contributed by atoms with Crippen LogP contribution >= 0.6 is 0 Å². The number of pyridine rings is 1. The number of carbonyl (C=O) groups is 1. The van der Waals surface area contributed by atoms with Crippen LogP contribution in [-0.4, -0.2) is 18.1 Å². The fourth-order valence-electron chi connectivity index (χ4n) is 2.01. The van der Waals surface area contributed by atoms with Crippen LogP contribution in [0, 0.1) is 0 Å². The van der Waals surface area contributed by atoms with E-state index in [4.69, 9.17) is 4.74 Å². The van der Waals surface area contributed by atoms with Crippen molar-refractivity contribution in [1.29, 1.82) is 0 Å². The first kappa shape index (κ1) is 11.6. The predicted octanol–water partition coefficient (Wildman–Crippen LogP) is 2.69. The number of hydrogen-bond acceptors (Lipinski definition) is 3. The van der Waals surface area contributed by atoms with Crippen molar-refractivity contribution in [2.75, 3.05) is 7.11 Å². The molecule has 1 aromatic carbocycles. The van der Waals surface area contributed by atoms with E-state index in [1.165, 1.54) is 7.11 Å². The number of carbonyl (C=O) groups excluding carboxylic acids is 1. The predicted molar refractivity (Wildman–Crippen MR) is 66.8 cm³/mol. The average molecular weight is 229 g/mol. The molecule has 0 unspecified atom stereocenters. The highest BCUT2D eigenvalue weighted by Crippen LogP contribution is 2.30. The maximum atomic E-state index is 11.8. The quantitative estimate of drug-likeness (QED) is 0.743. The highest BCUT2D eigenvalue weighted by Gasteiger charge is 2.32. The van der Waals surface area contributed by atoms with Crippen LogP contribution in [0.5, 0.6) is 0 Å². The summed E-state index contributed by atoms with van der Waals surface area (Å²) in [5.74, 6) is -0.242. The summed E-state index contributed by atoms with van der Waals surface area (Å²) in [6.07, 6.45) is 1.72. The molecular weight excluding hydrogens is 214 g/mol. The molecule has 1 aromatic heterocycles. The van der Waals surface area contributed by atoms with Crippen LogP contribution in [0.25, 0.3) is 10.9 Å². The summed E-state index contributed by atoms with van der Waals surface area (Å²) in [5, 5.41) is 0.991. The lowest BCUT2D eigenvalue weighted by Crippen LogP contribution is -2.30. The molecule has 0 bridgehead atoms. The molecule has 2 rings (SSSR count). The van der Waals surface area contributed by atoms with Gasteiger partial charge in [0.05, 0.1) is 18.0 Å². The maximum Gasteiger partial charge on any atom is 0.315 e. The van der Waals surface area contributed by atoms with Crippen molar-refractivity contribution in [2.45, 2.75) is 19.3 Å². The maximum absolute atomic E-state index is 11.8. The summed E-state index contributed by atoms with van der Waals surface area (Å²) in [6, 6.07) is 9.67. The molecule has 0 aliphatic rings. The zero-order chi connectivity index (χ0) is 12.5. The molecule has 0 fully saturated rings. The monoisotopic (exact) mass is 229 g/mol. The fourth-order valence-corrected chi connectivity index (χ4v) is 2.01. The third-order valence-corrected chi connectivity index (χ3v) is 3.02. The second-order valence-corrected chi connectivity index (χ2v) is 4.49. The summed E-state index contributed by atoms with van der Waals surface area (Å²) < 4.78 is 4.86. The minimum atomic E-state index is -0.669. The van der Waals surface area contributed by atoms with Gasteiger partial charge in [-0.1, -0.05) is 18.2 Å². The Hall–Kier alpha value is -1.90. The number of aromatic nitrogens is 1. The molecule has 3 heteroatoms. The van der Waals surface area contributed by atoms with Crippen molar-refractivity contribution >= 4 is 16.9 Å². The van der Waals surface area contributed by atoms with Gasteiger partial charge in [0.15, 0.2) is 0 Å². The van der Waals surface area contributed by atoms with E-state index in [0.717, 1.165) is 16.5 Å². The van der Waals surface area contributed by atoms with Gasteiger partial charge in [-0.05, 0) is 31.5 Å². The Morgan fingerprint density at radius 1 is 1.24 bits per heavy atom. The number of benzene rings is 1. The number of nitrogens with zero attached hydrogens (tertiary/aromatic N) is 1. The molecule has 2 aromatic rings. The summed E-state index contributed by atoms with van der Waals surface area (Å²) in [7, 11) is 1.41. The molecule has 3 nitrogen and oxygen atoms in total. The zero-order valence-corrected chi connectivity index (χ0v) is 10.2. The van der Waals surface area contributed by atoms with Crippen molar-refractivity contribution < 1.29 is 9.53 Å². The van der Waals surface area contributed by atoms with E-state index < -0.39 is 5.41 Å². The molecule has 0 saturated heterocycles. The highest BCUT2D eigenvalue weighted by molar-refractivity contribution is 5.91. The van der Waals surface area contributed by atoms with Gasteiger partial charge < -0.3 is 4.74 Å². The number of hydrogen-bond donors (Lipinski definition) is 0. The third kappa shape index (κ3) is 1.88. The third-order valence-electron chi connectivity index (χ3n) is 3.02.